The lowest BCUT2D eigenvalue weighted by Gasteiger charge is -2.10. The predicted octanol–water partition coefficient (Wildman–Crippen LogP) is 3.39. The predicted molar refractivity (Wildman–Crippen MR) is 101 cm³/mol. The van der Waals surface area contributed by atoms with Gasteiger partial charge in [0.2, 0.25) is 0 Å². The number of anilines is 2. The maximum absolute atomic E-state index is 13.9. The Morgan fingerprint density at radius 3 is 2.15 bits per heavy atom. The highest BCUT2D eigenvalue weighted by Gasteiger charge is 2.16. The van der Waals surface area contributed by atoms with E-state index in [1.807, 2.05) is 0 Å². The van der Waals surface area contributed by atoms with Gasteiger partial charge in [0.05, 0.1) is 22.5 Å². The number of aromatic nitrogens is 2. The summed E-state index contributed by atoms with van der Waals surface area (Å²) in [5, 5.41) is 7.77. The number of amides is 3. The third-order valence-corrected chi connectivity index (χ3v) is 4.02. The lowest BCUT2D eigenvalue weighted by molar-refractivity contribution is 0.102. The van der Waals surface area contributed by atoms with E-state index in [4.69, 9.17) is 0 Å². The van der Waals surface area contributed by atoms with Gasteiger partial charge in [0.1, 0.15) is 11.3 Å². The lowest BCUT2D eigenvalue weighted by Crippen LogP contribution is -2.24. The quantitative estimate of drug-likeness (QED) is 0.661. The molecular formula is C19H18FN5O2. The molecule has 3 rings (SSSR count). The highest BCUT2D eigenvalue weighted by molar-refractivity contribution is 6.11. The summed E-state index contributed by atoms with van der Waals surface area (Å²) < 4.78 is 13.9. The highest BCUT2D eigenvalue weighted by Crippen LogP contribution is 2.21. The molecular weight excluding hydrogens is 349 g/mol. The van der Waals surface area contributed by atoms with Crippen molar-refractivity contribution in [3.8, 4) is 0 Å². The van der Waals surface area contributed by atoms with Crippen LogP contribution in [0.1, 0.15) is 21.7 Å². The van der Waals surface area contributed by atoms with Crippen molar-refractivity contribution in [3.63, 3.8) is 0 Å². The Hall–Kier alpha value is -3.55. The van der Waals surface area contributed by atoms with Crippen molar-refractivity contribution in [3.05, 3.63) is 59.2 Å². The molecule has 3 N–H and O–H groups in total. The third-order valence-electron chi connectivity index (χ3n) is 4.02. The van der Waals surface area contributed by atoms with Crippen LogP contribution in [0.3, 0.4) is 0 Å². The number of hydrogen-bond donors (Lipinski definition) is 3. The summed E-state index contributed by atoms with van der Waals surface area (Å²) in [6.45, 7) is 3.56. The van der Waals surface area contributed by atoms with Crippen molar-refractivity contribution in [2.24, 2.45) is 0 Å². The second kappa shape index (κ2) is 7.36. The number of benzene rings is 2. The molecule has 138 valence electrons. The van der Waals surface area contributed by atoms with Gasteiger partial charge in [-0.2, -0.15) is 0 Å². The molecule has 0 saturated carbocycles. The molecule has 27 heavy (non-hydrogen) atoms. The van der Waals surface area contributed by atoms with E-state index in [2.05, 4.69) is 25.9 Å². The van der Waals surface area contributed by atoms with E-state index in [0.29, 0.717) is 33.8 Å². The van der Waals surface area contributed by atoms with Gasteiger partial charge < -0.3 is 16.0 Å². The molecule has 7 nitrogen and oxygen atoms in total. The van der Waals surface area contributed by atoms with Gasteiger partial charge in [0, 0.05) is 24.5 Å². The molecule has 0 unspecified atom stereocenters. The van der Waals surface area contributed by atoms with Gasteiger partial charge >= 0.3 is 6.03 Å². The summed E-state index contributed by atoms with van der Waals surface area (Å²) in [6, 6.07) is 8.59. The fourth-order valence-electron chi connectivity index (χ4n) is 2.50. The summed E-state index contributed by atoms with van der Waals surface area (Å²) in [7, 11) is 1.51. The standard InChI is InChI=1S/C19H18FN5O2/c1-10-11(2)23-17-15(8-12(20)9-16(17)22-10)18(26)24-13-4-6-14(7-5-13)25-19(27)21-3/h4-9H,1-3H3,(H,24,26)(H2,21,25,27). The molecule has 8 heteroatoms. The number of halogens is 1. The Labute approximate surface area is 155 Å². The van der Waals surface area contributed by atoms with E-state index >= 15 is 0 Å². The molecule has 0 atom stereocenters. The van der Waals surface area contributed by atoms with Crippen LogP contribution in [0.2, 0.25) is 0 Å². The molecule has 0 spiro atoms. The number of fused-ring (bicyclic) bond motifs is 1. The van der Waals surface area contributed by atoms with Crippen LogP contribution in [-0.2, 0) is 0 Å². The van der Waals surface area contributed by atoms with E-state index in [-0.39, 0.29) is 11.6 Å². The van der Waals surface area contributed by atoms with Crippen LogP contribution in [0.25, 0.3) is 11.0 Å². The highest BCUT2D eigenvalue weighted by atomic mass is 19.1. The second-order valence-corrected chi connectivity index (χ2v) is 5.95. The smallest absolute Gasteiger partial charge is 0.318 e. The van der Waals surface area contributed by atoms with E-state index in [0.717, 1.165) is 6.07 Å². The summed E-state index contributed by atoms with van der Waals surface area (Å²) in [5.74, 6) is -1.06. The van der Waals surface area contributed by atoms with Crippen molar-refractivity contribution in [2.45, 2.75) is 13.8 Å². The fraction of sp³-hybridized carbons (Fsp3) is 0.158. The molecule has 0 fully saturated rings. The minimum Gasteiger partial charge on any atom is -0.341 e. The Morgan fingerprint density at radius 1 is 0.926 bits per heavy atom. The number of rotatable bonds is 3. The molecule has 1 aromatic heterocycles. The summed E-state index contributed by atoms with van der Waals surface area (Å²) >= 11 is 0. The fourth-order valence-corrected chi connectivity index (χ4v) is 2.50. The normalized spacial score (nSPS) is 10.5. The second-order valence-electron chi connectivity index (χ2n) is 5.95. The molecule has 0 aliphatic rings. The van der Waals surface area contributed by atoms with Crippen LogP contribution in [0.5, 0.6) is 0 Å². The molecule has 0 aliphatic heterocycles. The summed E-state index contributed by atoms with van der Waals surface area (Å²) in [5.41, 5.74) is 3.19. The van der Waals surface area contributed by atoms with E-state index in [1.165, 1.54) is 13.1 Å². The zero-order chi connectivity index (χ0) is 19.6. The van der Waals surface area contributed by atoms with Crippen molar-refractivity contribution >= 4 is 34.3 Å². The molecule has 0 aliphatic carbocycles. The average Bonchev–Trinajstić information content (AvgIpc) is 2.64. The van der Waals surface area contributed by atoms with Gasteiger partial charge in [-0.15, -0.1) is 0 Å². The Morgan fingerprint density at radius 2 is 1.52 bits per heavy atom. The van der Waals surface area contributed by atoms with Gasteiger partial charge in [0.25, 0.3) is 5.91 Å². The number of nitrogens with one attached hydrogen (secondary N) is 3. The van der Waals surface area contributed by atoms with Crippen molar-refractivity contribution in [1.29, 1.82) is 0 Å². The van der Waals surface area contributed by atoms with Crippen LogP contribution in [0.4, 0.5) is 20.6 Å². The number of aryl methyl sites for hydroxylation is 2. The molecule has 3 amide bonds. The zero-order valence-electron chi connectivity index (χ0n) is 15.1. The van der Waals surface area contributed by atoms with E-state index in [1.54, 1.807) is 38.1 Å². The number of urea groups is 1. The van der Waals surface area contributed by atoms with Gasteiger partial charge in [-0.1, -0.05) is 0 Å². The van der Waals surface area contributed by atoms with E-state index in [9.17, 15) is 14.0 Å². The number of carbonyl (C=O) groups excluding carboxylic acids is 2. The first-order valence-corrected chi connectivity index (χ1v) is 8.22. The van der Waals surface area contributed by atoms with Gasteiger partial charge in [0.15, 0.2) is 0 Å². The third kappa shape index (κ3) is 4.00. The Kier molecular flexibility index (Phi) is 4.98. The Balaban J connectivity index is 1.88. The maximum atomic E-state index is 13.9. The first-order chi connectivity index (χ1) is 12.9. The molecule has 1 heterocycles. The lowest BCUT2D eigenvalue weighted by atomic mass is 10.1. The van der Waals surface area contributed by atoms with Gasteiger partial charge in [-0.25, -0.2) is 19.2 Å². The number of carbonyl (C=O) groups is 2. The molecule has 2 aromatic carbocycles. The van der Waals surface area contributed by atoms with Crippen LogP contribution < -0.4 is 16.0 Å². The Bertz CT molecular complexity index is 1030. The van der Waals surface area contributed by atoms with Crippen molar-refractivity contribution in [1.82, 2.24) is 15.3 Å². The largest absolute Gasteiger partial charge is 0.341 e. The molecule has 0 saturated heterocycles. The van der Waals surface area contributed by atoms with Crippen molar-refractivity contribution in [2.75, 3.05) is 17.7 Å². The van der Waals surface area contributed by atoms with Gasteiger partial charge in [-0.3, -0.25) is 4.79 Å². The minimum atomic E-state index is -0.560. The number of hydrogen-bond acceptors (Lipinski definition) is 4. The molecule has 0 bridgehead atoms. The van der Waals surface area contributed by atoms with Gasteiger partial charge in [-0.05, 0) is 44.2 Å². The van der Waals surface area contributed by atoms with Crippen LogP contribution in [-0.4, -0.2) is 29.0 Å². The van der Waals surface area contributed by atoms with Crippen molar-refractivity contribution < 1.29 is 14.0 Å². The summed E-state index contributed by atoms with van der Waals surface area (Å²) in [6.07, 6.45) is 0. The monoisotopic (exact) mass is 367 g/mol. The first-order valence-electron chi connectivity index (χ1n) is 8.22. The van der Waals surface area contributed by atoms with E-state index < -0.39 is 11.7 Å². The topological polar surface area (TPSA) is 96.0 Å². The molecule has 0 radical (unpaired) electrons. The minimum absolute atomic E-state index is 0.105. The summed E-state index contributed by atoms with van der Waals surface area (Å²) in [4.78, 5) is 32.7. The number of nitrogens with zero attached hydrogens (tertiary/aromatic N) is 2. The molecule has 3 aromatic rings. The van der Waals surface area contributed by atoms with Crippen LogP contribution in [0.15, 0.2) is 36.4 Å². The van der Waals surface area contributed by atoms with Crippen LogP contribution in [0, 0.1) is 19.7 Å². The maximum Gasteiger partial charge on any atom is 0.318 e. The average molecular weight is 367 g/mol. The zero-order valence-corrected chi connectivity index (χ0v) is 15.1. The SMILES string of the molecule is CNC(=O)Nc1ccc(NC(=O)c2cc(F)cc3nc(C)c(C)nc23)cc1. The van der Waals surface area contributed by atoms with Crippen LogP contribution >= 0.6 is 0 Å². The first kappa shape index (κ1) is 18.2.